The van der Waals surface area contributed by atoms with Crippen molar-refractivity contribution in [1.29, 1.82) is 0 Å². The van der Waals surface area contributed by atoms with E-state index in [0.29, 0.717) is 0 Å². The molecule has 0 aliphatic heterocycles. The molecule has 0 N–H and O–H groups in total. The summed E-state index contributed by atoms with van der Waals surface area (Å²) in [6, 6.07) is 9.78. The molecule has 0 fully saturated rings. The Labute approximate surface area is 91.2 Å². The molecule has 0 amide bonds. The van der Waals surface area contributed by atoms with Gasteiger partial charge in [0.25, 0.3) is 0 Å². The Morgan fingerprint density at radius 1 is 1.14 bits per heavy atom. The van der Waals surface area contributed by atoms with E-state index < -0.39 is 0 Å². The molecule has 0 aliphatic rings. The van der Waals surface area contributed by atoms with Crippen molar-refractivity contribution in [2.75, 3.05) is 0 Å². The molecule has 2 aromatic rings. The lowest BCUT2D eigenvalue weighted by Gasteiger charge is -2.03. The summed E-state index contributed by atoms with van der Waals surface area (Å²) in [7, 11) is 0. The van der Waals surface area contributed by atoms with Crippen LogP contribution < -0.4 is 0 Å². The highest BCUT2D eigenvalue weighted by molar-refractivity contribution is 9.10. The monoisotopic (exact) mass is 248 g/mol. The van der Waals surface area contributed by atoms with Gasteiger partial charge in [-0.1, -0.05) is 12.1 Å². The molecule has 0 saturated carbocycles. The third kappa shape index (κ3) is 1.82. The zero-order chi connectivity index (χ0) is 9.97. The van der Waals surface area contributed by atoms with Crippen LogP contribution in [0.25, 0.3) is 11.4 Å². The number of hydrogen-bond acceptors (Lipinski definition) is 2. The largest absolute Gasteiger partial charge is 0.254 e. The van der Waals surface area contributed by atoms with E-state index >= 15 is 0 Å². The highest BCUT2D eigenvalue weighted by Crippen LogP contribution is 2.19. The number of nitrogens with zero attached hydrogens (tertiary/aromatic N) is 2. The summed E-state index contributed by atoms with van der Waals surface area (Å²) >= 11 is 3.35. The molecule has 0 bridgehead atoms. The Kier molecular flexibility index (Phi) is 2.59. The number of aromatic nitrogens is 2. The zero-order valence-electron chi connectivity index (χ0n) is 7.74. The second-order valence-corrected chi connectivity index (χ2v) is 3.83. The summed E-state index contributed by atoms with van der Waals surface area (Å²) in [6.45, 7) is 2.03. The van der Waals surface area contributed by atoms with Crippen molar-refractivity contribution >= 4 is 15.9 Å². The normalized spacial score (nSPS) is 10.1. The van der Waals surface area contributed by atoms with E-state index in [2.05, 4.69) is 25.9 Å². The smallest absolute Gasteiger partial charge is 0.106 e. The number of halogens is 1. The SMILES string of the molecule is Cc1cccnc1-c1cccc(Br)n1. The number of aryl methyl sites for hydroxylation is 1. The third-order valence-corrected chi connectivity index (χ3v) is 2.41. The first-order valence-corrected chi connectivity index (χ1v) is 5.11. The maximum absolute atomic E-state index is 4.36. The van der Waals surface area contributed by atoms with Crippen LogP contribution in [-0.2, 0) is 0 Å². The summed E-state index contributed by atoms with van der Waals surface area (Å²) in [6.07, 6.45) is 1.78. The van der Waals surface area contributed by atoms with E-state index in [4.69, 9.17) is 0 Å². The molecule has 2 aromatic heterocycles. The van der Waals surface area contributed by atoms with Crippen LogP contribution >= 0.6 is 15.9 Å². The Morgan fingerprint density at radius 3 is 2.71 bits per heavy atom. The van der Waals surface area contributed by atoms with Crippen LogP contribution in [0.4, 0.5) is 0 Å². The third-order valence-electron chi connectivity index (χ3n) is 1.97. The summed E-state index contributed by atoms with van der Waals surface area (Å²) in [5.74, 6) is 0. The predicted molar refractivity (Wildman–Crippen MR) is 59.9 cm³/mol. The molecule has 0 atom stereocenters. The van der Waals surface area contributed by atoms with E-state index in [-0.39, 0.29) is 0 Å². The van der Waals surface area contributed by atoms with Gasteiger partial charge < -0.3 is 0 Å². The van der Waals surface area contributed by atoms with Crippen LogP contribution in [0, 0.1) is 6.92 Å². The molecule has 2 heterocycles. The lowest BCUT2D eigenvalue weighted by Crippen LogP contribution is -1.90. The minimum atomic E-state index is 0.833. The van der Waals surface area contributed by atoms with Crippen LogP contribution in [0.5, 0.6) is 0 Å². The van der Waals surface area contributed by atoms with E-state index in [1.54, 1.807) is 6.20 Å². The highest BCUT2D eigenvalue weighted by Gasteiger charge is 2.03. The average Bonchev–Trinajstić information content (AvgIpc) is 2.18. The first-order chi connectivity index (χ1) is 6.77. The maximum atomic E-state index is 4.36. The molecular formula is C11H9BrN2. The summed E-state index contributed by atoms with van der Waals surface area (Å²) in [5.41, 5.74) is 2.98. The quantitative estimate of drug-likeness (QED) is 0.725. The van der Waals surface area contributed by atoms with E-state index in [0.717, 1.165) is 21.6 Å². The zero-order valence-corrected chi connectivity index (χ0v) is 9.32. The summed E-state index contributed by atoms with van der Waals surface area (Å²) in [5, 5.41) is 0. The lowest BCUT2D eigenvalue weighted by atomic mass is 10.1. The molecule has 14 heavy (non-hydrogen) atoms. The highest BCUT2D eigenvalue weighted by atomic mass is 79.9. The van der Waals surface area contributed by atoms with Crippen LogP contribution in [0.3, 0.4) is 0 Å². The maximum Gasteiger partial charge on any atom is 0.106 e. The molecule has 0 saturated heterocycles. The molecule has 0 radical (unpaired) electrons. The molecule has 0 unspecified atom stereocenters. The standard InChI is InChI=1S/C11H9BrN2/c1-8-4-3-7-13-11(8)9-5-2-6-10(12)14-9/h2-7H,1H3. The summed E-state index contributed by atoms with van der Waals surface area (Å²) < 4.78 is 0.833. The molecule has 70 valence electrons. The molecular weight excluding hydrogens is 240 g/mol. The van der Waals surface area contributed by atoms with Gasteiger partial charge in [0.2, 0.25) is 0 Å². The van der Waals surface area contributed by atoms with Gasteiger partial charge >= 0.3 is 0 Å². The van der Waals surface area contributed by atoms with E-state index in [1.807, 2.05) is 37.3 Å². The second-order valence-electron chi connectivity index (χ2n) is 3.01. The molecule has 2 rings (SSSR count). The fourth-order valence-electron chi connectivity index (χ4n) is 1.29. The van der Waals surface area contributed by atoms with Gasteiger partial charge in [-0.25, -0.2) is 4.98 Å². The molecule has 0 spiro atoms. The van der Waals surface area contributed by atoms with Crippen LogP contribution in [-0.4, -0.2) is 9.97 Å². The van der Waals surface area contributed by atoms with Gasteiger partial charge in [-0.15, -0.1) is 0 Å². The minimum absolute atomic E-state index is 0.833. The van der Waals surface area contributed by atoms with Crippen LogP contribution in [0.1, 0.15) is 5.56 Å². The van der Waals surface area contributed by atoms with E-state index in [1.165, 1.54) is 0 Å². The number of hydrogen-bond donors (Lipinski definition) is 0. The number of pyridine rings is 2. The van der Waals surface area contributed by atoms with E-state index in [9.17, 15) is 0 Å². The molecule has 3 heteroatoms. The lowest BCUT2D eigenvalue weighted by molar-refractivity contribution is 1.20. The Hall–Kier alpha value is -1.22. The van der Waals surface area contributed by atoms with Crippen molar-refractivity contribution in [3.8, 4) is 11.4 Å². The van der Waals surface area contributed by atoms with Crippen molar-refractivity contribution in [2.45, 2.75) is 6.92 Å². The van der Waals surface area contributed by atoms with Crippen molar-refractivity contribution in [3.63, 3.8) is 0 Å². The van der Waals surface area contributed by atoms with Gasteiger partial charge in [-0.2, -0.15) is 0 Å². The average molecular weight is 249 g/mol. The van der Waals surface area contributed by atoms with Gasteiger partial charge in [0.05, 0.1) is 11.4 Å². The second kappa shape index (κ2) is 3.88. The van der Waals surface area contributed by atoms with Crippen molar-refractivity contribution in [2.24, 2.45) is 0 Å². The van der Waals surface area contributed by atoms with Gasteiger partial charge in [0.1, 0.15) is 4.60 Å². The fourth-order valence-corrected chi connectivity index (χ4v) is 1.64. The Bertz CT molecular complexity index is 455. The topological polar surface area (TPSA) is 25.8 Å². The fraction of sp³-hybridized carbons (Fsp3) is 0.0909. The summed E-state index contributed by atoms with van der Waals surface area (Å²) in [4.78, 5) is 8.66. The minimum Gasteiger partial charge on any atom is -0.254 e. The van der Waals surface area contributed by atoms with Gasteiger partial charge in [-0.05, 0) is 46.6 Å². The van der Waals surface area contributed by atoms with Crippen molar-refractivity contribution in [1.82, 2.24) is 9.97 Å². The van der Waals surface area contributed by atoms with Crippen molar-refractivity contribution in [3.05, 3.63) is 46.7 Å². The van der Waals surface area contributed by atoms with Crippen LogP contribution in [0.2, 0.25) is 0 Å². The van der Waals surface area contributed by atoms with Gasteiger partial charge in [0.15, 0.2) is 0 Å². The van der Waals surface area contributed by atoms with Gasteiger partial charge in [0, 0.05) is 6.20 Å². The molecule has 0 aliphatic carbocycles. The predicted octanol–water partition coefficient (Wildman–Crippen LogP) is 3.21. The molecule has 0 aromatic carbocycles. The first kappa shape index (κ1) is 9.34. The van der Waals surface area contributed by atoms with Gasteiger partial charge in [-0.3, -0.25) is 4.98 Å². The van der Waals surface area contributed by atoms with Crippen molar-refractivity contribution < 1.29 is 0 Å². The number of rotatable bonds is 1. The first-order valence-electron chi connectivity index (χ1n) is 4.32. The Morgan fingerprint density at radius 2 is 2.00 bits per heavy atom. The van der Waals surface area contributed by atoms with Crippen LogP contribution in [0.15, 0.2) is 41.1 Å². The molecule has 2 nitrogen and oxygen atoms in total. The Balaban J connectivity index is 2.55.